The monoisotopic (exact) mass is 413 g/mol. The number of amides is 1. The average Bonchev–Trinajstić information content (AvgIpc) is 3.17. The van der Waals surface area contributed by atoms with Crippen molar-refractivity contribution >= 4 is 34.7 Å². The fourth-order valence-electron chi connectivity index (χ4n) is 3.26. The Bertz CT molecular complexity index is 984. The van der Waals surface area contributed by atoms with Gasteiger partial charge in [0.15, 0.2) is 11.5 Å². The molecule has 0 atom stereocenters. The number of hydrogen-bond acceptors (Lipinski definition) is 6. The molecule has 0 spiro atoms. The van der Waals surface area contributed by atoms with Crippen molar-refractivity contribution in [1.29, 1.82) is 0 Å². The number of carbonyl (C=O) groups excluding carboxylic acids is 1. The molecule has 1 amide bonds. The van der Waals surface area contributed by atoms with Gasteiger partial charge in [-0.1, -0.05) is 29.8 Å². The number of carbonyl (C=O) groups is 1. The number of aromatic nitrogens is 2. The molecule has 6 nitrogen and oxygen atoms in total. The number of rotatable bonds is 4. The van der Waals surface area contributed by atoms with E-state index >= 15 is 0 Å². The molecular weight excluding hydrogens is 394 g/mol. The zero-order valence-electron chi connectivity index (χ0n) is 15.2. The van der Waals surface area contributed by atoms with E-state index < -0.39 is 0 Å². The quantitative estimate of drug-likeness (QED) is 0.709. The Morgan fingerprint density at radius 2 is 1.82 bits per heavy atom. The molecule has 0 aliphatic carbocycles. The van der Waals surface area contributed by atoms with Crippen molar-refractivity contribution in [3.63, 3.8) is 0 Å². The molecule has 144 valence electrons. The van der Waals surface area contributed by atoms with Crippen LogP contribution in [0.5, 0.6) is 0 Å². The second-order valence-electron chi connectivity index (χ2n) is 6.60. The molecule has 1 aliphatic heterocycles. The number of nitrogens with two attached hydrogens (primary N) is 1. The highest BCUT2D eigenvalue weighted by Crippen LogP contribution is 2.33. The number of hydrogen-bond donors (Lipinski definition) is 1. The predicted octanol–water partition coefficient (Wildman–Crippen LogP) is 3.40. The molecule has 2 N–H and O–H groups in total. The lowest BCUT2D eigenvalue weighted by molar-refractivity contribution is 0.0624. The minimum absolute atomic E-state index is 0.151. The molecule has 3 heterocycles. The summed E-state index contributed by atoms with van der Waals surface area (Å²) >= 11 is 8.07. The molecule has 2 aromatic heterocycles. The SMILES string of the molecule is Nc1nccnc1C(=O)N1CCN(Cc2ccc(-c3ccccc3Cl)s2)CC1. The number of benzene rings is 1. The van der Waals surface area contributed by atoms with Gasteiger partial charge >= 0.3 is 0 Å². The first kappa shape index (κ1) is 18.9. The number of thiophene rings is 1. The maximum atomic E-state index is 12.6. The lowest BCUT2D eigenvalue weighted by Crippen LogP contribution is -2.48. The molecule has 28 heavy (non-hydrogen) atoms. The smallest absolute Gasteiger partial charge is 0.276 e. The van der Waals surface area contributed by atoms with Crippen LogP contribution in [-0.4, -0.2) is 51.9 Å². The first-order valence-corrected chi connectivity index (χ1v) is 10.2. The van der Waals surface area contributed by atoms with Crippen LogP contribution in [0, 0.1) is 0 Å². The topological polar surface area (TPSA) is 75.3 Å². The number of anilines is 1. The zero-order valence-corrected chi connectivity index (χ0v) is 16.8. The zero-order chi connectivity index (χ0) is 19.5. The van der Waals surface area contributed by atoms with Gasteiger partial charge < -0.3 is 10.6 Å². The van der Waals surface area contributed by atoms with E-state index in [0.717, 1.165) is 30.2 Å². The first-order chi connectivity index (χ1) is 13.6. The highest BCUT2D eigenvalue weighted by atomic mass is 35.5. The maximum absolute atomic E-state index is 12.6. The molecule has 0 bridgehead atoms. The van der Waals surface area contributed by atoms with Crippen LogP contribution in [0.2, 0.25) is 5.02 Å². The lowest BCUT2D eigenvalue weighted by atomic mass is 10.2. The molecule has 0 saturated carbocycles. The van der Waals surface area contributed by atoms with Gasteiger partial charge in [-0.2, -0.15) is 0 Å². The Balaban J connectivity index is 1.36. The summed E-state index contributed by atoms with van der Waals surface area (Å²) in [6, 6.07) is 12.2. The second-order valence-corrected chi connectivity index (χ2v) is 8.18. The van der Waals surface area contributed by atoms with Gasteiger partial charge in [-0.25, -0.2) is 9.97 Å². The van der Waals surface area contributed by atoms with Crippen molar-refractivity contribution in [2.45, 2.75) is 6.54 Å². The van der Waals surface area contributed by atoms with Crippen molar-refractivity contribution in [2.75, 3.05) is 31.9 Å². The third-order valence-corrected chi connectivity index (χ3v) is 6.20. The maximum Gasteiger partial charge on any atom is 0.276 e. The number of nitrogen functional groups attached to an aromatic ring is 1. The summed E-state index contributed by atoms with van der Waals surface area (Å²) in [5, 5.41) is 0.770. The van der Waals surface area contributed by atoms with E-state index in [-0.39, 0.29) is 17.4 Å². The number of nitrogens with zero attached hydrogens (tertiary/aromatic N) is 4. The minimum atomic E-state index is -0.151. The van der Waals surface area contributed by atoms with Crippen LogP contribution in [0.15, 0.2) is 48.8 Å². The minimum Gasteiger partial charge on any atom is -0.382 e. The van der Waals surface area contributed by atoms with Gasteiger partial charge in [-0.15, -0.1) is 11.3 Å². The van der Waals surface area contributed by atoms with E-state index in [0.29, 0.717) is 13.1 Å². The molecule has 1 aromatic carbocycles. The van der Waals surface area contributed by atoms with Crippen molar-refractivity contribution in [1.82, 2.24) is 19.8 Å². The van der Waals surface area contributed by atoms with Crippen LogP contribution in [0.4, 0.5) is 5.82 Å². The van der Waals surface area contributed by atoms with Gasteiger partial charge in [0.1, 0.15) is 0 Å². The molecule has 1 fully saturated rings. The van der Waals surface area contributed by atoms with Gasteiger partial charge in [-0.3, -0.25) is 9.69 Å². The van der Waals surface area contributed by atoms with Crippen LogP contribution < -0.4 is 5.73 Å². The summed E-state index contributed by atoms with van der Waals surface area (Å²) in [7, 11) is 0. The van der Waals surface area contributed by atoms with E-state index in [9.17, 15) is 4.79 Å². The van der Waals surface area contributed by atoms with E-state index in [1.165, 1.54) is 22.1 Å². The summed E-state index contributed by atoms with van der Waals surface area (Å²) in [4.78, 5) is 27.2. The van der Waals surface area contributed by atoms with Gasteiger partial charge in [0.05, 0.1) is 0 Å². The van der Waals surface area contributed by atoms with E-state index in [1.54, 1.807) is 16.2 Å². The Kier molecular flexibility index (Phi) is 5.57. The van der Waals surface area contributed by atoms with E-state index in [2.05, 4.69) is 27.0 Å². The Labute approximate surface area is 172 Å². The van der Waals surface area contributed by atoms with Gasteiger partial charge in [0, 0.05) is 65.5 Å². The van der Waals surface area contributed by atoms with Gasteiger partial charge in [0.2, 0.25) is 0 Å². The largest absolute Gasteiger partial charge is 0.382 e. The Morgan fingerprint density at radius 1 is 1.07 bits per heavy atom. The molecule has 0 radical (unpaired) electrons. The third-order valence-electron chi connectivity index (χ3n) is 4.77. The average molecular weight is 414 g/mol. The molecule has 1 aliphatic rings. The summed E-state index contributed by atoms with van der Waals surface area (Å²) in [6.07, 6.45) is 2.98. The van der Waals surface area contributed by atoms with E-state index in [1.807, 2.05) is 24.3 Å². The van der Waals surface area contributed by atoms with Crippen molar-refractivity contribution in [2.24, 2.45) is 0 Å². The summed E-state index contributed by atoms with van der Waals surface area (Å²) in [5.74, 6) is 0.0306. The normalized spacial score (nSPS) is 15.0. The number of piperazine rings is 1. The molecule has 8 heteroatoms. The van der Waals surface area contributed by atoms with Crippen LogP contribution >= 0.6 is 22.9 Å². The molecule has 3 aromatic rings. The fraction of sp³-hybridized carbons (Fsp3) is 0.250. The molecule has 4 rings (SSSR count). The van der Waals surface area contributed by atoms with Crippen molar-refractivity contribution < 1.29 is 4.79 Å². The second kappa shape index (κ2) is 8.26. The highest BCUT2D eigenvalue weighted by molar-refractivity contribution is 7.15. The van der Waals surface area contributed by atoms with Gasteiger partial charge in [-0.05, 0) is 18.2 Å². The first-order valence-electron chi connectivity index (χ1n) is 9.03. The van der Waals surface area contributed by atoms with Crippen molar-refractivity contribution in [3.8, 4) is 10.4 Å². The van der Waals surface area contributed by atoms with Crippen LogP contribution in [0.25, 0.3) is 10.4 Å². The predicted molar refractivity (Wildman–Crippen MR) is 112 cm³/mol. The summed E-state index contributed by atoms with van der Waals surface area (Å²) < 4.78 is 0. The highest BCUT2D eigenvalue weighted by Gasteiger charge is 2.25. The Hall–Kier alpha value is -2.48. The van der Waals surface area contributed by atoms with Crippen molar-refractivity contribution in [3.05, 3.63) is 64.4 Å². The van der Waals surface area contributed by atoms with Crippen LogP contribution in [0.1, 0.15) is 15.4 Å². The van der Waals surface area contributed by atoms with Gasteiger partial charge in [0.25, 0.3) is 5.91 Å². The van der Waals surface area contributed by atoms with Crippen LogP contribution in [0.3, 0.4) is 0 Å². The Morgan fingerprint density at radius 3 is 2.57 bits per heavy atom. The molecular formula is C20H20ClN5OS. The summed E-state index contributed by atoms with van der Waals surface area (Å²) in [6.45, 7) is 3.79. The van der Waals surface area contributed by atoms with E-state index in [4.69, 9.17) is 17.3 Å². The standard InChI is InChI=1S/C20H20ClN5OS/c21-16-4-2-1-3-15(16)17-6-5-14(28-17)13-25-9-11-26(12-10-25)20(27)18-19(22)24-8-7-23-18/h1-8H,9-13H2,(H2,22,24). The molecule has 0 unspecified atom stereocenters. The molecule has 1 saturated heterocycles. The fourth-order valence-corrected chi connectivity index (χ4v) is 4.64. The number of halogens is 1. The third kappa shape index (κ3) is 4.01. The van der Waals surface area contributed by atoms with Crippen LogP contribution in [-0.2, 0) is 6.54 Å². The lowest BCUT2D eigenvalue weighted by Gasteiger charge is -2.34. The summed E-state index contributed by atoms with van der Waals surface area (Å²) in [5.41, 5.74) is 7.08.